The van der Waals surface area contributed by atoms with Crippen LogP contribution in [0.2, 0.25) is 0 Å². The fourth-order valence-electron chi connectivity index (χ4n) is 1.85. The van der Waals surface area contributed by atoms with E-state index in [0.717, 1.165) is 5.56 Å². The summed E-state index contributed by atoms with van der Waals surface area (Å²) in [6, 6.07) is 6.41. The number of hydrogen-bond acceptors (Lipinski definition) is 3. The van der Waals surface area contributed by atoms with E-state index in [2.05, 4.69) is 10.3 Å². The first-order valence-electron chi connectivity index (χ1n) is 6.90. The quantitative estimate of drug-likeness (QED) is 0.656. The Hall–Kier alpha value is -1.56. The standard InChI is InChI=1S/C15H25N3O2S/c1-11-6-8-13(9-7-11)21(19,20)10-12(2)17-14(16)18-15(3,4)5/h6-9,12H,10H2,1-5H3,(H3,16,17,18). The second-order valence-electron chi connectivity index (χ2n) is 6.33. The van der Waals surface area contributed by atoms with Crippen molar-refractivity contribution in [2.45, 2.75) is 51.1 Å². The zero-order chi connectivity index (χ0) is 16.3. The number of benzene rings is 1. The van der Waals surface area contributed by atoms with Crippen molar-refractivity contribution in [1.82, 2.24) is 5.32 Å². The molecule has 0 fully saturated rings. The maximum absolute atomic E-state index is 12.3. The van der Waals surface area contributed by atoms with E-state index in [1.165, 1.54) is 0 Å². The van der Waals surface area contributed by atoms with Crippen LogP contribution in [-0.2, 0) is 9.84 Å². The number of aryl methyl sites for hydroxylation is 1. The summed E-state index contributed by atoms with van der Waals surface area (Å²) in [4.78, 5) is 4.51. The monoisotopic (exact) mass is 311 g/mol. The Labute approximate surface area is 127 Å². The number of rotatable bonds is 4. The van der Waals surface area contributed by atoms with Crippen molar-refractivity contribution >= 4 is 15.8 Å². The van der Waals surface area contributed by atoms with E-state index in [1.807, 2.05) is 27.7 Å². The van der Waals surface area contributed by atoms with Gasteiger partial charge in [0.05, 0.1) is 16.7 Å². The van der Waals surface area contributed by atoms with Crippen LogP contribution in [0.4, 0.5) is 0 Å². The van der Waals surface area contributed by atoms with Gasteiger partial charge in [-0.1, -0.05) is 17.7 Å². The Bertz CT molecular complexity index is 599. The largest absolute Gasteiger partial charge is 0.370 e. The predicted molar refractivity (Wildman–Crippen MR) is 87.2 cm³/mol. The molecule has 0 spiro atoms. The summed E-state index contributed by atoms with van der Waals surface area (Å²) in [5, 5.41) is 3.02. The topological polar surface area (TPSA) is 84.5 Å². The lowest BCUT2D eigenvalue weighted by molar-refractivity contribution is 0.507. The van der Waals surface area contributed by atoms with E-state index >= 15 is 0 Å². The van der Waals surface area contributed by atoms with Gasteiger partial charge in [-0.05, 0) is 46.8 Å². The zero-order valence-corrected chi connectivity index (χ0v) is 14.2. The molecule has 0 bridgehead atoms. The minimum absolute atomic E-state index is 0.0669. The molecule has 5 nitrogen and oxygen atoms in total. The van der Waals surface area contributed by atoms with Crippen LogP contribution in [0.1, 0.15) is 33.3 Å². The van der Waals surface area contributed by atoms with E-state index < -0.39 is 15.9 Å². The Morgan fingerprint density at radius 2 is 1.81 bits per heavy atom. The fraction of sp³-hybridized carbons (Fsp3) is 0.533. The average molecular weight is 311 g/mol. The van der Waals surface area contributed by atoms with E-state index in [1.54, 1.807) is 31.2 Å². The average Bonchev–Trinajstić information content (AvgIpc) is 2.25. The molecule has 1 atom stereocenters. The summed E-state index contributed by atoms with van der Waals surface area (Å²) in [7, 11) is -3.36. The third-order valence-corrected chi connectivity index (χ3v) is 4.61. The van der Waals surface area contributed by atoms with Crippen molar-refractivity contribution in [2.24, 2.45) is 10.7 Å². The maximum atomic E-state index is 12.3. The lowest BCUT2D eigenvalue weighted by atomic mass is 10.1. The smallest absolute Gasteiger partial charge is 0.189 e. The summed E-state index contributed by atoms with van der Waals surface area (Å²) in [6.07, 6.45) is 0. The molecule has 0 aliphatic carbocycles. The molecule has 118 valence electrons. The summed E-state index contributed by atoms with van der Waals surface area (Å²) in [5.41, 5.74) is 6.60. The maximum Gasteiger partial charge on any atom is 0.189 e. The number of guanidine groups is 1. The minimum atomic E-state index is -3.36. The molecule has 0 heterocycles. The third kappa shape index (κ3) is 6.16. The molecule has 0 amide bonds. The summed E-state index contributed by atoms with van der Waals surface area (Å²) in [6.45, 7) is 9.54. The number of nitrogens with zero attached hydrogens (tertiary/aromatic N) is 1. The Morgan fingerprint density at radius 3 is 2.29 bits per heavy atom. The van der Waals surface area contributed by atoms with Crippen LogP contribution in [0.5, 0.6) is 0 Å². The van der Waals surface area contributed by atoms with Gasteiger partial charge in [0.15, 0.2) is 15.8 Å². The van der Waals surface area contributed by atoms with Crippen LogP contribution in [0, 0.1) is 6.92 Å². The van der Waals surface area contributed by atoms with Gasteiger partial charge in [-0.25, -0.2) is 13.4 Å². The zero-order valence-electron chi connectivity index (χ0n) is 13.3. The van der Waals surface area contributed by atoms with Gasteiger partial charge in [-0.3, -0.25) is 0 Å². The van der Waals surface area contributed by atoms with Crippen LogP contribution in [-0.4, -0.2) is 31.7 Å². The first kappa shape index (κ1) is 17.5. The van der Waals surface area contributed by atoms with E-state index in [4.69, 9.17) is 5.73 Å². The van der Waals surface area contributed by atoms with Crippen LogP contribution in [0.25, 0.3) is 0 Å². The van der Waals surface area contributed by atoms with E-state index in [0.29, 0.717) is 4.90 Å². The Kier molecular flexibility index (Phi) is 5.39. The number of nitrogens with one attached hydrogen (secondary N) is 1. The van der Waals surface area contributed by atoms with Gasteiger partial charge in [0.2, 0.25) is 0 Å². The molecule has 0 saturated heterocycles. The molecule has 21 heavy (non-hydrogen) atoms. The molecule has 0 saturated carbocycles. The number of sulfone groups is 1. The number of nitrogens with two attached hydrogens (primary N) is 1. The van der Waals surface area contributed by atoms with Crippen molar-refractivity contribution in [3.05, 3.63) is 29.8 Å². The number of aliphatic imine (C=N–C) groups is 1. The first-order chi connectivity index (χ1) is 9.49. The molecule has 1 unspecified atom stereocenters. The van der Waals surface area contributed by atoms with Crippen LogP contribution >= 0.6 is 0 Å². The van der Waals surface area contributed by atoms with Crippen LogP contribution in [0.15, 0.2) is 34.2 Å². The summed E-state index contributed by atoms with van der Waals surface area (Å²) >= 11 is 0. The first-order valence-corrected chi connectivity index (χ1v) is 8.56. The van der Waals surface area contributed by atoms with Crippen LogP contribution < -0.4 is 11.1 Å². The lowest BCUT2D eigenvalue weighted by Gasteiger charge is -2.21. The molecular formula is C15H25N3O2S. The second-order valence-corrected chi connectivity index (χ2v) is 8.37. The molecule has 0 radical (unpaired) electrons. The second kappa shape index (κ2) is 6.47. The number of hydrogen-bond donors (Lipinski definition) is 2. The summed E-state index contributed by atoms with van der Waals surface area (Å²) < 4.78 is 24.6. The SMILES string of the molecule is Cc1ccc(S(=O)(=O)CC(C)N=C(N)NC(C)(C)C)cc1. The van der Waals surface area contributed by atoms with Crippen molar-refractivity contribution in [3.8, 4) is 0 Å². The molecule has 3 N–H and O–H groups in total. The van der Waals surface area contributed by atoms with Crippen molar-refractivity contribution in [2.75, 3.05) is 5.75 Å². The molecule has 1 rings (SSSR count). The van der Waals surface area contributed by atoms with Gasteiger partial charge < -0.3 is 11.1 Å². The van der Waals surface area contributed by atoms with Crippen molar-refractivity contribution in [3.63, 3.8) is 0 Å². The molecular weight excluding hydrogens is 286 g/mol. The highest BCUT2D eigenvalue weighted by atomic mass is 32.2. The highest BCUT2D eigenvalue weighted by Crippen LogP contribution is 2.14. The molecule has 0 aliphatic rings. The van der Waals surface area contributed by atoms with Crippen LogP contribution in [0.3, 0.4) is 0 Å². The van der Waals surface area contributed by atoms with Gasteiger partial charge in [0.25, 0.3) is 0 Å². The lowest BCUT2D eigenvalue weighted by Crippen LogP contribution is -2.45. The third-order valence-electron chi connectivity index (χ3n) is 2.70. The predicted octanol–water partition coefficient (Wildman–Crippen LogP) is 1.86. The Balaban J connectivity index is 2.80. The van der Waals surface area contributed by atoms with Crippen molar-refractivity contribution < 1.29 is 8.42 Å². The molecule has 6 heteroatoms. The normalized spacial score (nSPS) is 14.8. The minimum Gasteiger partial charge on any atom is -0.370 e. The van der Waals surface area contributed by atoms with Gasteiger partial charge in [-0.15, -0.1) is 0 Å². The van der Waals surface area contributed by atoms with Crippen molar-refractivity contribution in [1.29, 1.82) is 0 Å². The van der Waals surface area contributed by atoms with Gasteiger partial charge >= 0.3 is 0 Å². The summed E-state index contributed by atoms with van der Waals surface area (Å²) in [5.74, 6) is 0.192. The molecule has 1 aromatic carbocycles. The highest BCUT2D eigenvalue weighted by Gasteiger charge is 2.19. The molecule has 1 aromatic rings. The molecule has 0 aliphatic heterocycles. The van der Waals surface area contributed by atoms with Gasteiger partial charge in [0, 0.05) is 5.54 Å². The van der Waals surface area contributed by atoms with Gasteiger partial charge in [-0.2, -0.15) is 0 Å². The molecule has 0 aromatic heterocycles. The fourth-order valence-corrected chi connectivity index (χ4v) is 3.30. The highest BCUT2D eigenvalue weighted by molar-refractivity contribution is 7.91. The van der Waals surface area contributed by atoms with E-state index in [9.17, 15) is 8.42 Å². The van der Waals surface area contributed by atoms with E-state index in [-0.39, 0.29) is 17.3 Å². The van der Waals surface area contributed by atoms with Gasteiger partial charge in [0.1, 0.15) is 0 Å². The Morgan fingerprint density at radius 1 is 1.29 bits per heavy atom.